The van der Waals surface area contributed by atoms with Crippen molar-refractivity contribution in [1.82, 2.24) is 5.32 Å². The van der Waals surface area contributed by atoms with Crippen molar-refractivity contribution in [1.29, 1.82) is 0 Å². The summed E-state index contributed by atoms with van der Waals surface area (Å²) < 4.78 is 10.4. The molecule has 6 heteroatoms. The number of amides is 1. The van der Waals surface area contributed by atoms with Crippen molar-refractivity contribution >= 4 is 23.5 Å². The molecule has 0 saturated heterocycles. The van der Waals surface area contributed by atoms with E-state index in [0.717, 1.165) is 5.56 Å². The molecule has 0 atom stereocenters. The van der Waals surface area contributed by atoms with Crippen molar-refractivity contribution in [3.8, 4) is 5.75 Å². The van der Waals surface area contributed by atoms with Crippen LogP contribution in [0.2, 0.25) is 5.02 Å². The number of nitrogens with one attached hydrogen (secondary N) is 1. The maximum Gasteiger partial charge on any atom is 0.325 e. The Hall–Kier alpha value is -2.53. The Morgan fingerprint density at radius 2 is 1.67 bits per heavy atom. The number of carbonyl (C=O) groups excluding carboxylic acids is 2. The van der Waals surface area contributed by atoms with Crippen LogP contribution >= 0.6 is 11.6 Å². The molecule has 0 aromatic heterocycles. The minimum Gasteiger partial charge on any atom is -0.490 e. The smallest absolute Gasteiger partial charge is 0.325 e. The third kappa shape index (κ3) is 5.93. The third-order valence-electron chi connectivity index (χ3n) is 3.14. The molecule has 1 N–H and O–H groups in total. The summed E-state index contributed by atoms with van der Waals surface area (Å²) in [6.45, 7) is 2.07. The average molecular weight is 348 g/mol. The zero-order chi connectivity index (χ0) is 17.4. The summed E-state index contributed by atoms with van der Waals surface area (Å²) in [4.78, 5) is 23.4. The van der Waals surface area contributed by atoms with Crippen LogP contribution in [0.15, 0.2) is 48.5 Å². The number of aryl methyl sites for hydroxylation is 1. The second-order valence-electron chi connectivity index (χ2n) is 5.07. The predicted molar refractivity (Wildman–Crippen MR) is 91.4 cm³/mol. The van der Waals surface area contributed by atoms with Gasteiger partial charge in [-0.25, -0.2) is 0 Å². The molecule has 2 rings (SSSR count). The molecule has 0 unspecified atom stereocenters. The lowest BCUT2D eigenvalue weighted by atomic mass is 10.1. The number of ether oxygens (including phenoxy) is 2. The van der Waals surface area contributed by atoms with Crippen LogP contribution in [-0.4, -0.2) is 31.6 Å². The highest BCUT2D eigenvalue weighted by Crippen LogP contribution is 2.15. The van der Waals surface area contributed by atoms with Gasteiger partial charge in [-0.15, -0.1) is 0 Å². The van der Waals surface area contributed by atoms with Crippen LogP contribution in [0.1, 0.15) is 15.9 Å². The van der Waals surface area contributed by atoms with Crippen molar-refractivity contribution in [2.45, 2.75) is 6.92 Å². The molecule has 5 nitrogen and oxygen atoms in total. The van der Waals surface area contributed by atoms with E-state index < -0.39 is 5.97 Å². The van der Waals surface area contributed by atoms with Gasteiger partial charge in [0.05, 0.1) is 0 Å². The Labute approximate surface area is 145 Å². The van der Waals surface area contributed by atoms with Gasteiger partial charge in [0, 0.05) is 10.6 Å². The minimum absolute atomic E-state index is 0.0991. The summed E-state index contributed by atoms with van der Waals surface area (Å²) in [6, 6.07) is 14.0. The van der Waals surface area contributed by atoms with Gasteiger partial charge in [-0.3, -0.25) is 9.59 Å². The van der Waals surface area contributed by atoms with E-state index in [1.165, 1.54) is 0 Å². The molecule has 0 fully saturated rings. The Morgan fingerprint density at radius 1 is 1.00 bits per heavy atom. The summed E-state index contributed by atoms with van der Waals surface area (Å²) in [5.41, 5.74) is 1.56. The molecule has 1 amide bonds. The monoisotopic (exact) mass is 347 g/mol. The first-order valence-corrected chi connectivity index (χ1v) is 7.81. The number of rotatable bonds is 7. The van der Waals surface area contributed by atoms with Gasteiger partial charge in [0.2, 0.25) is 0 Å². The van der Waals surface area contributed by atoms with Crippen molar-refractivity contribution in [3.05, 3.63) is 64.7 Å². The molecule has 0 saturated carbocycles. The number of esters is 1. The van der Waals surface area contributed by atoms with Crippen molar-refractivity contribution in [2.24, 2.45) is 0 Å². The molecule has 0 aliphatic carbocycles. The van der Waals surface area contributed by atoms with Gasteiger partial charge in [0.1, 0.15) is 25.5 Å². The maximum absolute atomic E-state index is 11.8. The molecular weight excluding hydrogens is 330 g/mol. The largest absolute Gasteiger partial charge is 0.490 e. The van der Waals surface area contributed by atoms with Gasteiger partial charge in [-0.2, -0.15) is 0 Å². The third-order valence-corrected chi connectivity index (χ3v) is 3.39. The Morgan fingerprint density at radius 3 is 2.33 bits per heavy atom. The lowest BCUT2D eigenvalue weighted by Gasteiger charge is -2.08. The second kappa shape index (κ2) is 8.93. The van der Waals surface area contributed by atoms with E-state index >= 15 is 0 Å². The molecule has 0 aliphatic heterocycles. The number of carbonyl (C=O) groups is 2. The fourth-order valence-corrected chi connectivity index (χ4v) is 1.98. The number of hydrogen-bond acceptors (Lipinski definition) is 4. The lowest BCUT2D eigenvalue weighted by molar-refractivity contribution is -0.143. The second-order valence-corrected chi connectivity index (χ2v) is 5.51. The first-order chi connectivity index (χ1) is 11.5. The van der Waals surface area contributed by atoms with E-state index in [0.29, 0.717) is 16.3 Å². The van der Waals surface area contributed by atoms with Gasteiger partial charge in [-0.05, 0) is 43.3 Å². The van der Waals surface area contributed by atoms with E-state index in [1.54, 1.807) is 36.4 Å². The topological polar surface area (TPSA) is 64.6 Å². The first-order valence-electron chi connectivity index (χ1n) is 7.43. The standard InChI is InChI=1S/C18H18ClNO4/c1-13-2-4-14(5-3-13)18(22)20-12-17(21)24-11-10-23-16-8-6-15(19)7-9-16/h2-9H,10-12H2,1H3,(H,20,22). The Bertz CT molecular complexity index is 683. The van der Waals surface area contributed by atoms with E-state index in [-0.39, 0.29) is 25.7 Å². The fraction of sp³-hybridized carbons (Fsp3) is 0.222. The van der Waals surface area contributed by atoms with Gasteiger partial charge in [0.15, 0.2) is 0 Å². The minimum atomic E-state index is -0.518. The van der Waals surface area contributed by atoms with Crippen LogP contribution in [-0.2, 0) is 9.53 Å². The molecular formula is C18H18ClNO4. The van der Waals surface area contributed by atoms with Crippen LogP contribution in [0.4, 0.5) is 0 Å². The van der Waals surface area contributed by atoms with E-state index in [4.69, 9.17) is 21.1 Å². The number of benzene rings is 2. The normalized spacial score (nSPS) is 10.1. The van der Waals surface area contributed by atoms with Crippen molar-refractivity contribution < 1.29 is 19.1 Å². The summed E-state index contributed by atoms with van der Waals surface area (Å²) in [7, 11) is 0. The summed E-state index contributed by atoms with van der Waals surface area (Å²) in [5, 5.41) is 3.14. The molecule has 126 valence electrons. The molecule has 0 heterocycles. The van der Waals surface area contributed by atoms with Gasteiger partial charge >= 0.3 is 5.97 Å². The van der Waals surface area contributed by atoms with Crippen LogP contribution < -0.4 is 10.1 Å². The maximum atomic E-state index is 11.8. The van der Waals surface area contributed by atoms with Gasteiger partial charge in [-0.1, -0.05) is 29.3 Å². The van der Waals surface area contributed by atoms with E-state index in [9.17, 15) is 9.59 Å². The van der Waals surface area contributed by atoms with E-state index in [1.807, 2.05) is 19.1 Å². The summed E-state index contributed by atoms with van der Waals surface area (Å²) in [6.07, 6.45) is 0. The van der Waals surface area contributed by atoms with Crippen LogP contribution in [0.5, 0.6) is 5.75 Å². The highest BCUT2D eigenvalue weighted by molar-refractivity contribution is 6.30. The highest BCUT2D eigenvalue weighted by Gasteiger charge is 2.08. The Balaban J connectivity index is 1.63. The van der Waals surface area contributed by atoms with Gasteiger partial charge in [0.25, 0.3) is 5.91 Å². The van der Waals surface area contributed by atoms with Crippen molar-refractivity contribution in [2.75, 3.05) is 19.8 Å². The van der Waals surface area contributed by atoms with Crippen LogP contribution in [0, 0.1) is 6.92 Å². The molecule has 0 radical (unpaired) electrons. The predicted octanol–water partition coefficient (Wildman–Crippen LogP) is 3.00. The quantitative estimate of drug-likeness (QED) is 0.617. The number of halogens is 1. The van der Waals surface area contributed by atoms with Crippen molar-refractivity contribution in [3.63, 3.8) is 0 Å². The molecule has 0 aliphatic rings. The molecule has 0 spiro atoms. The van der Waals surface area contributed by atoms with Crippen LogP contribution in [0.25, 0.3) is 0 Å². The molecule has 2 aromatic rings. The summed E-state index contributed by atoms with van der Waals surface area (Å²) in [5.74, 6) is -0.192. The zero-order valence-corrected chi connectivity index (χ0v) is 14.0. The molecule has 24 heavy (non-hydrogen) atoms. The van der Waals surface area contributed by atoms with Crippen LogP contribution in [0.3, 0.4) is 0 Å². The average Bonchev–Trinajstić information content (AvgIpc) is 2.59. The highest BCUT2D eigenvalue weighted by atomic mass is 35.5. The zero-order valence-electron chi connectivity index (χ0n) is 13.3. The summed E-state index contributed by atoms with van der Waals surface area (Å²) >= 11 is 5.77. The van der Waals surface area contributed by atoms with Gasteiger partial charge < -0.3 is 14.8 Å². The van der Waals surface area contributed by atoms with E-state index in [2.05, 4.69) is 5.32 Å². The fourth-order valence-electron chi connectivity index (χ4n) is 1.86. The Kier molecular flexibility index (Phi) is 6.63. The SMILES string of the molecule is Cc1ccc(C(=O)NCC(=O)OCCOc2ccc(Cl)cc2)cc1. The first kappa shape index (κ1) is 17.8. The number of hydrogen-bond donors (Lipinski definition) is 1. The lowest BCUT2D eigenvalue weighted by Crippen LogP contribution is -2.31. The molecule has 0 bridgehead atoms. The molecule has 2 aromatic carbocycles.